The van der Waals surface area contributed by atoms with Crippen LogP contribution in [-0.4, -0.2) is 77.9 Å². The third-order valence-electron chi connectivity index (χ3n) is 5.50. The van der Waals surface area contributed by atoms with Crippen LogP contribution in [0.4, 0.5) is 4.79 Å². The van der Waals surface area contributed by atoms with Crippen LogP contribution in [0.3, 0.4) is 0 Å². The Balaban J connectivity index is 2.01. The van der Waals surface area contributed by atoms with Gasteiger partial charge in [0.05, 0.1) is 0 Å². The van der Waals surface area contributed by atoms with Gasteiger partial charge in [0.25, 0.3) is 5.91 Å². The number of amides is 4. The third-order valence-corrected chi connectivity index (χ3v) is 5.50. The van der Waals surface area contributed by atoms with Crippen LogP contribution in [-0.2, 0) is 4.79 Å². The van der Waals surface area contributed by atoms with Gasteiger partial charge in [0.15, 0.2) is 0 Å². The van der Waals surface area contributed by atoms with Gasteiger partial charge in [0, 0.05) is 44.8 Å². The molecular weight excluding hydrogens is 368 g/mol. The summed E-state index contributed by atoms with van der Waals surface area (Å²) < 4.78 is 0. The van der Waals surface area contributed by atoms with E-state index in [4.69, 9.17) is 0 Å². The molecular formula is C22H34N4O3. The molecule has 1 unspecified atom stereocenters. The van der Waals surface area contributed by atoms with Gasteiger partial charge in [0.1, 0.15) is 6.04 Å². The summed E-state index contributed by atoms with van der Waals surface area (Å²) in [6.07, 6.45) is 0. The second-order valence-corrected chi connectivity index (χ2v) is 7.78. The molecule has 1 aromatic carbocycles. The molecule has 1 aliphatic heterocycles. The molecule has 1 atom stereocenters. The first-order valence-electron chi connectivity index (χ1n) is 10.5. The van der Waals surface area contributed by atoms with E-state index in [1.54, 1.807) is 20.8 Å². The minimum Gasteiger partial charge on any atom is -0.340 e. The standard InChI is InChI=1S/C22H34N4O3/c1-6-24(7-2)22(29)26-14-12-25(13-15-26)21(28)19(16(3)4)23-20(27)18-11-9-8-10-17(18)5/h8-11,16,19H,6-7,12-15H2,1-5H3,(H,23,27). The van der Waals surface area contributed by atoms with Crippen molar-refractivity contribution in [2.45, 2.75) is 40.7 Å². The number of rotatable bonds is 6. The normalized spacial score (nSPS) is 15.2. The fourth-order valence-corrected chi connectivity index (χ4v) is 3.57. The van der Waals surface area contributed by atoms with Gasteiger partial charge in [-0.3, -0.25) is 9.59 Å². The molecule has 0 aliphatic carbocycles. The predicted octanol–water partition coefficient (Wildman–Crippen LogP) is 2.36. The van der Waals surface area contributed by atoms with Crippen LogP contribution in [0.25, 0.3) is 0 Å². The Kier molecular flexibility index (Phi) is 8.05. The molecule has 0 aromatic heterocycles. The summed E-state index contributed by atoms with van der Waals surface area (Å²) in [6.45, 7) is 13.0. The van der Waals surface area contributed by atoms with Gasteiger partial charge in [0.2, 0.25) is 5.91 Å². The van der Waals surface area contributed by atoms with Crippen LogP contribution >= 0.6 is 0 Å². The Morgan fingerprint density at radius 3 is 2.07 bits per heavy atom. The Morgan fingerprint density at radius 1 is 1.00 bits per heavy atom. The quantitative estimate of drug-likeness (QED) is 0.794. The van der Waals surface area contributed by atoms with Crippen molar-refractivity contribution < 1.29 is 14.4 Å². The zero-order valence-corrected chi connectivity index (χ0v) is 18.3. The van der Waals surface area contributed by atoms with E-state index in [0.717, 1.165) is 5.56 Å². The van der Waals surface area contributed by atoms with E-state index in [9.17, 15) is 14.4 Å². The van der Waals surface area contributed by atoms with Crippen molar-refractivity contribution in [1.82, 2.24) is 20.0 Å². The summed E-state index contributed by atoms with van der Waals surface area (Å²) in [5.74, 6) is -0.354. The maximum absolute atomic E-state index is 13.1. The molecule has 160 valence electrons. The second-order valence-electron chi connectivity index (χ2n) is 7.78. The van der Waals surface area contributed by atoms with E-state index < -0.39 is 6.04 Å². The van der Waals surface area contributed by atoms with Gasteiger partial charge in [-0.1, -0.05) is 32.0 Å². The number of aryl methyl sites for hydroxylation is 1. The van der Waals surface area contributed by atoms with Gasteiger partial charge in [-0.2, -0.15) is 0 Å². The molecule has 0 spiro atoms. The Bertz CT molecular complexity index is 723. The molecule has 1 aliphatic rings. The van der Waals surface area contributed by atoms with Crippen LogP contribution in [0.15, 0.2) is 24.3 Å². The van der Waals surface area contributed by atoms with Crippen LogP contribution < -0.4 is 5.32 Å². The zero-order chi connectivity index (χ0) is 21.6. The lowest BCUT2D eigenvalue weighted by molar-refractivity contribution is -0.135. The maximum Gasteiger partial charge on any atom is 0.320 e. The first kappa shape index (κ1) is 22.7. The third kappa shape index (κ3) is 5.49. The summed E-state index contributed by atoms with van der Waals surface area (Å²) in [7, 11) is 0. The summed E-state index contributed by atoms with van der Waals surface area (Å²) in [6, 6.07) is 6.79. The van der Waals surface area contributed by atoms with Crippen molar-refractivity contribution in [3.8, 4) is 0 Å². The number of piperazine rings is 1. The topological polar surface area (TPSA) is 73.0 Å². The van der Waals surface area contributed by atoms with Crippen molar-refractivity contribution in [2.24, 2.45) is 5.92 Å². The lowest BCUT2D eigenvalue weighted by Crippen LogP contribution is -2.58. The molecule has 1 saturated heterocycles. The molecule has 7 nitrogen and oxygen atoms in total. The Labute approximate surface area is 174 Å². The molecule has 7 heteroatoms. The van der Waals surface area contributed by atoms with E-state index in [0.29, 0.717) is 44.8 Å². The molecule has 29 heavy (non-hydrogen) atoms. The van der Waals surface area contributed by atoms with Gasteiger partial charge in [-0.25, -0.2) is 4.79 Å². The molecule has 1 N–H and O–H groups in total. The number of nitrogens with zero attached hydrogens (tertiary/aromatic N) is 3. The van der Waals surface area contributed by atoms with E-state index in [1.807, 2.05) is 52.8 Å². The molecule has 0 radical (unpaired) electrons. The minimum atomic E-state index is -0.591. The zero-order valence-electron chi connectivity index (χ0n) is 18.3. The van der Waals surface area contributed by atoms with Gasteiger partial charge in [-0.05, 0) is 38.3 Å². The van der Waals surface area contributed by atoms with Gasteiger partial charge >= 0.3 is 6.03 Å². The second kappa shape index (κ2) is 10.3. The lowest BCUT2D eigenvalue weighted by atomic mass is 10.0. The smallest absolute Gasteiger partial charge is 0.320 e. The highest BCUT2D eigenvalue weighted by Gasteiger charge is 2.32. The van der Waals surface area contributed by atoms with Crippen molar-refractivity contribution in [3.05, 3.63) is 35.4 Å². The molecule has 0 saturated carbocycles. The van der Waals surface area contributed by atoms with E-state index in [1.165, 1.54) is 0 Å². The van der Waals surface area contributed by atoms with Crippen molar-refractivity contribution >= 4 is 17.8 Å². The lowest BCUT2D eigenvalue weighted by Gasteiger charge is -2.39. The highest BCUT2D eigenvalue weighted by Crippen LogP contribution is 2.13. The number of hydrogen-bond donors (Lipinski definition) is 1. The minimum absolute atomic E-state index is 0.0235. The van der Waals surface area contributed by atoms with Crippen molar-refractivity contribution in [1.29, 1.82) is 0 Å². The molecule has 4 amide bonds. The Morgan fingerprint density at radius 2 is 1.55 bits per heavy atom. The van der Waals surface area contributed by atoms with E-state index >= 15 is 0 Å². The number of benzene rings is 1. The number of carbonyl (C=O) groups is 3. The highest BCUT2D eigenvalue weighted by atomic mass is 16.2. The first-order chi connectivity index (χ1) is 13.8. The maximum atomic E-state index is 13.1. The molecule has 1 aromatic rings. The van der Waals surface area contributed by atoms with Gasteiger partial charge < -0.3 is 20.0 Å². The summed E-state index contributed by atoms with van der Waals surface area (Å²) in [4.78, 5) is 43.7. The molecule has 2 rings (SSSR count). The van der Waals surface area contributed by atoms with Crippen molar-refractivity contribution in [3.63, 3.8) is 0 Å². The summed E-state index contributed by atoms with van der Waals surface area (Å²) >= 11 is 0. The largest absolute Gasteiger partial charge is 0.340 e. The van der Waals surface area contributed by atoms with Crippen LogP contribution in [0.5, 0.6) is 0 Å². The first-order valence-corrected chi connectivity index (χ1v) is 10.5. The van der Waals surface area contributed by atoms with Crippen LogP contribution in [0.1, 0.15) is 43.6 Å². The number of nitrogens with one attached hydrogen (secondary N) is 1. The predicted molar refractivity (Wildman–Crippen MR) is 114 cm³/mol. The van der Waals surface area contributed by atoms with Crippen molar-refractivity contribution in [2.75, 3.05) is 39.3 Å². The average molecular weight is 403 g/mol. The molecule has 0 bridgehead atoms. The summed E-state index contributed by atoms with van der Waals surface area (Å²) in [5.41, 5.74) is 1.46. The fourth-order valence-electron chi connectivity index (χ4n) is 3.57. The molecule has 1 fully saturated rings. The average Bonchev–Trinajstić information content (AvgIpc) is 2.72. The molecule has 1 heterocycles. The van der Waals surface area contributed by atoms with Crippen LogP contribution in [0, 0.1) is 12.8 Å². The number of urea groups is 1. The van der Waals surface area contributed by atoms with E-state index in [-0.39, 0.29) is 23.8 Å². The van der Waals surface area contributed by atoms with Gasteiger partial charge in [-0.15, -0.1) is 0 Å². The van der Waals surface area contributed by atoms with E-state index in [2.05, 4.69) is 5.32 Å². The monoisotopic (exact) mass is 402 g/mol. The SMILES string of the molecule is CCN(CC)C(=O)N1CCN(C(=O)C(NC(=O)c2ccccc2C)C(C)C)CC1. The number of carbonyl (C=O) groups excluding carboxylic acids is 3. The Hall–Kier alpha value is -2.57. The summed E-state index contributed by atoms with van der Waals surface area (Å²) in [5, 5.41) is 2.92. The van der Waals surface area contributed by atoms with Crippen LogP contribution in [0.2, 0.25) is 0 Å². The number of hydrogen-bond acceptors (Lipinski definition) is 3. The fraction of sp³-hybridized carbons (Fsp3) is 0.591. The highest BCUT2D eigenvalue weighted by molar-refractivity contribution is 5.98.